The van der Waals surface area contributed by atoms with Crippen molar-refractivity contribution in [3.63, 3.8) is 0 Å². The number of hydrogen-bond acceptors (Lipinski definition) is 3. The third-order valence-electron chi connectivity index (χ3n) is 0.156. The molecule has 0 aliphatic heterocycles. The van der Waals surface area contributed by atoms with Gasteiger partial charge < -0.3 is 0 Å². The van der Waals surface area contributed by atoms with Crippen LogP contribution < -0.4 is 0 Å². The topological polar surface area (TPSA) is 51.2 Å². The van der Waals surface area contributed by atoms with Crippen LogP contribution in [0.4, 0.5) is 4.79 Å². The summed E-state index contributed by atoms with van der Waals surface area (Å²) in [6, 6.07) is 0. The fraction of sp³-hybridized carbons (Fsp3) is 0. The standard InChI is InChI=1S/CO.2O.2V/c1-2;;;;. The zero-order valence-electron chi connectivity index (χ0n) is 2.62. The Bertz CT molecular complexity index is 76.8. The molecule has 0 rings (SSSR count). The zero-order chi connectivity index (χ0) is 4.99. The molecule has 0 saturated heterocycles. The average molecular weight is 162 g/mol. The maximum atomic E-state index is 9.64. The number of hydrogen-bond donors (Lipinski definition) is 0. The Morgan fingerprint density at radius 1 is 1.17 bits per heavy atom. The van der Waals surface area contributed by atoms with Gasteiger partial charge in [0.05, 0.1) is 0 Å². The van der Waals surface area contributed by atoms with Crippen LogP contribution in [0.3, 0.4) is 0 Å². The van der Waals surface area contributed by atoms with Crippen LogP contribution in [0.2, 0.25) is 0 Å². The Morgan fingerprint density at radius 2 is 1.50 bits per heavy atom. The third-order valence-corrected chi connectivity index (χ3v) is 1.70. The molecule has 0 aliphatic rings. The molecule has 0 aromatic rings. The molecule has 0 N–H and O–H groups in total. The van der Waals surface area contributed by atoms with Crippen molar-refractivity contribution >= 4 is 3.21 Å². The Balaban J connectivity index is 3.52. The van der Waals surface area contributed by atoms with Gasteiger partial charge in [0, 0.05) is 0 Å². The minimum atomic E-state index is -1.50. The number of carbonyl (C=O) groups excluding carboxylic acids is 1. The number of rotatable bonds is 2. The second kappa shape index (κ2) is 3.62. The second-order valence-corrected chi connectivity index (χ2v) is 3.21. The van der Waals surface area contributed by atoms with Crippen molar-refractivity contribution in [2.75, 3.05) is 0 Å². The molecule has 0 unspecified atom stereocenters. The summed E-state index contributed by atoms with van der Waals surface area (Å²) in [6.07, 6.45) is 0. The van der Waals surface area contributed by atoms with Crippen molar-refractivity contribution in [2.24, 2.45) is 0 Å². The van der Waals surface area contributed by atoms with Crippen LogP contribution in [0.1, 0.15) is 0 Å². The summed E-state index contributed by atoms with van der Waals surface area (Å²) in [5.41, 5.74) is 0. The molecule has 32 valence electrons. The molecule has 0 spiro atoms. The van der Waals surface area contributed by atoms with Crippen molar-refractivity contribution in [3.05, 3.63) is 0 Å². The van der Waals surface area contributed by atoms with E-state index in [1.165, 1.54) is 0 Å². The van der Waals surface area contributed by atoms with Crippen LogP contribution >= 0.6 is 0 Å². The van der Waals surface area contributed by atoms with Gasteiger partial charge in [-0.15, -0.1) is 0 Å². The summed E-state index contributed by atoms with van der Waals surface area (Å²) in [5.74, 6) is 0. The van der Waals surface area contributed by atoms with Gasteiger partial charge in [-0.1, -0.05) is 0 Å². The van der Waals surface area contributed by atoms with Gasteiger partial charge in [0.25, 0.3) is 0 Å². The SMILES string of the molecule is [O]=[V][C](=O)[V]=[O]. The van der Waals surface area contributed by atoms with Gasteiger partial charge in [0.2, 0.25) is 0 Å². The molecular formula is CO3V2. The van der Waals surface area contributed by atoms with Gasteiger partial charge in [0.15, 0.2) is 0 Å². The monoisotopic (exact) mass is 162 g/mol. The molecule has 0 aliphatic carbocycles. The summed E-state index contributed by atoms with van der Waals surface area (Å²) >= 11 is -3.00. The molecule has 0 atom stereocenters. The van der Waals surface area contributed by atoms with Crippen LogP contribution in [0, 0.1) is 0 Å². The Kier molecular flexibility index (Phi) is 3.89. The normalized spacial score (nSPS) is 6.67. The Morgan fingerprint density at radius 3 is 1.50 bits per heavy atom. The summed E-state index contributed by atoms with van der Waals surface area (Å²) in [7, 11) is 0. The molecule has 0 saturated carbocycles. The molecule has 5 heteroatoms. The van der Waals surface area contributed by atoms with Crippen LogP contribution in [0.5, 0.6) is 0 Å². The van der Waals surface area contributed by atoms with E-state index in [1.54, 1.807) is 0 Å². The van der Waals surface area contributed by atoms with Crippen molar-refractivity contribution in [1.82, 2.24) is 0 Å². The Labute approximate surface area is 48.1 Å². The summed E-state index contributed by atoms with van der Waals surface area (Å²) in [4.78, 5) is 9.64. The number of carbonyl (C=O) groups is 1. The van der Waals surface area contributed by atoms with E-state index in [2.05, 4.69) is 0 Å². The average Bonchev–Trinajstić information content (AvgIpc) is 1.65. The fourth-order valence-corrected chi connectivity index (χ4v) is 0.283. The van der Waals surface area contributed by atoms with E-state index in [-0.39, 0.29) is 0 Å². The predicted octanol–water partition coefficient (Wildman–Crippen LogP) is -0.0376. The van der Waals surface area contributed by atoms with Gasteiger partial charge in [-0.05, 0) is 0 Å². The summed E-state index contributed by atoms with van der Waals surface area (Å²) in [6.45, 7) is 0. The van der Waals surface area contributed by atoms with Gasteiger partial charge in [0.1, 0.15) is 0 Å². The van der Waals surface area contributed by atoms with Crippen LogP contribution in [-0.2, 0) is 39.8 Å². The first-order chi connectivity index (χ1) is 2.81. The van der Waals surface area contributed by atoms with E-state index in [4.69, 9.17) is 0 Å². The first-order valence-corrected chi connectivity index (χ1v) is 3.55. The van der Waals surface area contributed by atoms with E-state index < -0.39 is 35.7 Å². The molecule has 3 nitrogen and oxygen atoms in total. The van der Waals surface area contributed by atoms with E-state index in [9.17, 15) is 12.1 Å². The molecule has 0 aromatic carbocycles. The van der Waals surface area contributed by atoms with Crippen molar-refractivity contribution < 1.29 is 44.6 Å². The van der Waals surface area contributed by atoms with Crippen molar-refractivity contribution in [3.8, 4) is 0 Å². The van der Waals surface area contributed by atoms with Crippen molar-refractivity contribution in [2.45, 2.75) is 0 Å². The van der Waals surface area contributed by atoms with E-state index in [1.807, 2.05) is 0 Å². The van der Waals surface area contributed by atoms with Gasteiger partial charge in [-0.2, -0.15) is 0 Å². The van der Waals surface area contributed by atoms with Crippen molar-refractivity contribution in [1.29, 1.82) is 0 Å². The Hall–Kier alpha value is 0.439. The van der Waals surface area contributed by atoms with Gasteiger partial charge in [-0.25, -0.2) is 0 Å². The van der Waals surface area contributed by atoms with E-state index in [0.717, 1.165) is 0 Å². The molecule has 0 bridgehead atoms. The van der Waals surface area contributed by atoms with Gasteiger partial charge in [-0.3, -0.25) is 0 Å². The molecular weight excluding hydrogens is 162 g/mol. The quantitative estimate of drug-likeness (QED) is 0.572. The third kappa shape index (κ3) is 2.66. The molecule has 6 heavy (non-hydrogen) atoms. The van der Waals surface area contributed by atoms with E-state index in [0.29, 0.717) is 0 Å². The molecule has 0 heterocycles. The first kappa shape index (κ1) is 6.44. The molecule has 0 amide bonds. The van der Waals surface area contributed by atoms with Crippen LogP contribution in [0.25, 0.3) is 0 Å². The first-order valence-electron chi connectivity index (χ1n) is 1.02. The molecule has 0 fully saturated rings. The summed E-state index contributed by atoms with van der Waals surface area (Å²) < 4.78 is 18.3. The fourth-order valence-electron chi connectivity index (χ4n) is 0.0167. The second-order valence-electron chi connectivity index (χ2n) is 0.465. The zero-order valence-corrected chi connectivity index (χ0v) is 5.41. The predicted molar refractivity (Wildman–Crippen MR) is 6.77 cm³/mol. The van der Waals surface area contributed by atoms with Crippen LogP contribution in [-0.4, -0.2) is 3.21 Å². The van der Waals surface area contributed by atoms with E-state index >= 15 is 0 Å². The molecule has 0 aromatic heterocycles. The molecule has 0 radical (unpaired) electrons. The summed E-state index contributed by atoms with van der Waals surface area (Å²) in [5, 5.41) is 0. The van der Waals surface area contributed by atoms with Crippen LogP contribution in [0.15, 0.2) is 0 Å². The minimum absolute atomic E-state index is 0.581. The maximum absolute atomic E-state index is 9.64. The van der Waals surface area contributed by atoms with Gasteiger partial charge >= 0.3 is 47.8 Å².